The fourth-order valence-corrected chi connectivity index (χ4v) is 2.14. The molecule has 1 aromatic heterocycles. The van der Waals surface area contributed by atoms with Crippen molar-refractivity contribution in [1.82, 2.24) is 9.88 Å². The zero-order valence-corrected chi connectivity index (χ0v) is 10.7. The van der Waals surface area contributed by atoms with Gasteiger partial charge in [0.1, 0.15) is 0 Å². The number of carboxylic acids is 1. The Morgan fingerprint density at radius 1 is 1.11 bits per heavy atom. The summed E-state index contributed by atoms with van der Waals surface area (Å²) in [5.74, 6) is -0.999. The highest BCUT2D eigenvalue weighted by Gasteiger charge is 2.21. The average molecular weight is 263 g/mol. The molecular formula is C13H17N3O3. The molecule has 6 heteroatoms. The average Bonchev–Trinajstić information content (AvgIpc) is 2.46. The van der Waals surface area contributed by atoms with E-state index in [4.69, 9.17) is 5.11 Å². The van der Waals surface area contributed by atoms with Gasteiger partial charge in [-0.05, 0) is 12.1 Å². The first-order valence-corrected chi connectivity index (χ1v) is 6.31. The van der Waals surface area contributed by atoms with E-state index in [9.17, 15) is 9.59 Å². The van der Waals surface area contributed by atoms with E-state index in [0.29, 0.717) is 13.1 Å². The van der Waals surface area contributed by atoms with Gasteiger partial charge in [0.25, 0.3) is 0 Å². The summed E-state index contributed by atoms with van der Waals surface area (Å²) in [5, 5.41) is 8.57. The van der Waals surface area contributed by atoms with Crippen LogP contribution in [0, 0.1) is 0 Å². The fourth-order valence-electron chi connectivity index (χ4n) is 2.14. The van der Waals surface area contributed by atoms with Gasteiger partial charge in [-0.2, -0.15) is 0 Å². The van der Waals surface area contributed by atoms with Crippen LogP contribution in [0.1, 0.15) is 12.8 Å². The summed E-state index contributed by atoms with van der Waals surface area (Å²) < 4.78 is 0. The molecule has 0 aliphatic carbocycles. The number of pyridine rings is 1. The minimum atomic E-state index is -0.927. The Bertz CT molecular complexity index is 442. The molecule has 0 saturated carbocycles. The summed E-state index contributed by atoms with van der Waals surface area (Å²) in [6, 6.07) is 3.89. The lowest BCUT2D eigenvalue weighted by Gasteiger charge is -2.36. The first kappa shape index (κ1) is 13.3. The van der Waals surface area contributed by atoms with Gasteiger partial charge in [0.2, 0.25) is 5.91 Å². The molecule has 1 aliphatic rings. The Morgan fingerprint density at radius 3 is 2.32 bits per heavy atom. The van der Waals surface area contributed by atoms with Crippen molar-refractivity contribution in [2.24, 2.45) is 0 Å². The van der Waals surface area contributed by atoms with E-state index in [0.717, 1.165) is 18.8 Å². The van der Waals surface area contributed by atoms with E-state index < -0.39 is 5.97 Å². The van der Waals surface area contributed by atoms with Crippen LogP contribution in [0.4, 0.5) is 5.69 Å². The Balaban J connectivity index is 1.82. The Morgan fingerprint density at radius 2 is 1.74 bits per heavy atom. The molecule has 1 aromatic rings. The number of amides is 1. The van der Waals surface area contributed by atoms with Crippen molar-refractivity contribution in [3.8, 4) is 0 Å². The molecule has 0 atom stereocenters. The first-order chi connectivity index (χ1) is 9.16. The number of nitrogens with zero attached hydrogens (tertiary/aromatic N) is 3. The predicted molar refractivity (Wildman–Crippen MR) is 69.9 cm³/mol. The van der Waals surface area contributed by atoms with Crippen molar-refractivity contribution >= 4 is 17.6 Å². The van der Waals surface area contributed by atoms with Crippen LogP contribution in [0.2, 0.25) is 0 Å². The summed E-state index contributed by atoms with van der Waals surface area (Å²) >= 11 is 0. The number of carboxylic acid groups (broad SMARTS) is 1. The Kier molecular flexibility index (Phi) is 4.33. The van der Waals surface area contributed by atoms with E-state index in [1.165, 1.54) is 0 Å². The molecule has 1 saturated heterocycles. The second kappa shape index (κ2) is 6.17. The van der Waals surface area contributed by atoms with E-state index in [1.807, 2.05) is 12.1 Å². The van der Waals surface area contributed by atoms with Gasteiger partial charge in [-0.25, -0.2) is 0 Å². The van der Waals surface area contributed by atoms with E-state index in [2.05, 4.69) is 9.88 Å². The number of aromatic nitrogens is 1. The number of piperazine rings is 1. The maximum Gasteiger partial charge on any atom is 0.303 e. The third kappa shape index (κ3) is 3.67. The van der Waals surface area contributed by atoms with Crippen LogP contribution in [0.15, 0.2) is 24.5 Å². The fraction of sp³-hybridized carbons (Fsp3) is 0.462. The highest BCUT2D eigenvalue weighted by atomic mass is 16.4. The number of hydrogen-bond acceptors (Lipinski definition) is 4. The topological polar surface area (TPSA) is 73.7 Å². The number of aliphatic carboxylic acids is 1. The molecule has 102 valence electrons. The van der Waals surface area contributed by atoms with Gasteiger partial charge in [0.15, 0.2) is 0 Å². The molecule has 0 radical (unpaired) electrons. The van der Waals surface area contributed by atoms with Crippen LogP contribution >= 0.6 is 0 Å². The van der Waals surface area contributed by atoms with Crippen LogP contribution in [0.5, 0.6) is 0 Å². The predicted octanol–water partition coefficient (Wildman–Crippen LogP) is 0.595. The van der Waals surface area contributed by atoms with Crippen molar-refractivity contribution in [1.29, 1.82) is 0 Å². The minimum Gasteiger partial charge on any atom is -0.481 e. The SMILES string of the molecule is O=C(O)CCC(=O)N1CCN(c2ccncc2)CC1. The van der Waals surface area contributed by atoms with Crippen LogP contribution < -0.4 is 4.90 Å². The van der Waals surface area contributed by atoms with Crippen molar-refractivity contribution in [3.63, 3.8) is 0 Å². The van der Waals surface area contributed by atoms with Gasteiger partial charge in [-0.1, -0.05) is 0 Å². The van der Waals surface area contributed by atoms with Crippen molar-refractivity contribution in [3.05, 3.63) is 24.5 Å². The van der Waals surface area contributed by atoms with Gasteiger partial charge in [-0.3, -0.25) is 14.6 Å². The molecule has 6 nitrogen and oxygen atoms in total. The van der Waals surface area contributed by atoms with Gasteiger partial charge in [-0.15, -0.1) is 0 Å². The molecule has 0 bridgehead atoms. The van der Waals surface area contributed by atoms with Crippen LogP contribution in [0.3, 0.4) is 0 Å². The molecule has 2 heterocycles. The van der Waals surface area contributed by atoms with Gasteiger partial charge in [0, 0.05) is 50.7 Å². The van der Waals surface area contributed by atoms with Crippen LogP contribution in [-0.2, 0) is 9.59 Å². The number of carbonyl (C=O) groups is 2. The normalized spacial score (nSPS) is 15.4. The lowest BCUT2D eigenvalue weighted by Crippen LogP contribution is -2.48. The second-order valence-corrected chi connectivity index (χ2v) is 4.47. The molecule has 1 aliphatic heterocycles. The maximum atomic E-state index is 11.8. The van der Waals surface area contributed by atoms with Crippen molar-refractivity contribution in [2.75, 3.05) is 31.1 Å². The van der Waals surface area contributed by atoms with Crippen LogP contribution in [0.25, 0.3) is 0 Å². The van der Waals surface area contributed by atoms with E-state index in [-0.39, 0.29) is 18.7 Å². The molecule has 0 unspecified atom stereocenters. The highest BCUT2D eigenvalue weighted by Crippen LogP contribution is 2.15. The highest BCUT2D eigenvalue weighted by molar-refractivity contribution is 5.80. The standard InChI is InChI=1S/C13H17N3O3/c17-12(1-2-13(18)19)16-9-7-15(8-10-16)11-3-5-14-6-4-11/h3-6H,1-2,7-10H2,(H,18,19). The summed E-state index contributed by atoms with van der Waals surface area (Å²) in [5.41, 5.74) is 1.10. The molecule has 0 aromatic carbocycles. The number of anilines is 1. The Hall–Kier alpha value is -2.11. The van der Waals surface area contributed by atoms with Crippen molar-refractivity contribution in [2.45, 2.75) is 12.8 Å². The molecule has 1 fully saturated rings. The second-order valence-electron chi connectivity index (χ2n) is 4.47. The van der Waals surface area contributed by atoms with Gasteiger partial charge in [0.05, 0.1) is 6.42 Å². The zero-order valence-electron chi connectivity index (χ0n) is 10.7. The molecule has 0 spiro atoms. The van der Waals surface area contributed by atoms with E-state index in [1.54, 1.807) is 17.3 Å². The quantitative estimate of drug-likeness (QED) is 0.861. The smallest absolute Gasteiger partial charge is 0.303 e. The minimum absolute atomic E-state index is 0.0724. The Labute approximate surface area is 111 Å². The van der Waals surface area contributed by atoms with Crippen molar-refractivity contribution < 1.29 is 14.7 Å². The third-order valence-corrected chi connectivity index (χ3v) is 3.21. The lowest BCUT2D eigenvalue weighted by molar-refractivity contribution is -0.141. The van der Waals surface area contributed by atoms with Gasteiger partial charge >= 0.3 is 5.97 Å². The van der Waals surface area contributed by atoms with Gasteiger partial charge < -0.3 is 14.9 Å². The monoisotopic (exact) mass is 263 g/mol. The van der Waals surface area contributed by atoms with E-state index >= 15 is 0 Å². The first-order valence-electron chi connectivity index (χ1n) is 6.31. The molecule has 1 N–H and O–H groups in total. The zero-order chi connectivity index (χ0) is 13.7. The summed E-state index contributed by atoms with van der Waals surface area (Å²) in [6.45, 7) is 2.81. The summed E-state index contributed by atoms with van der Waals surface area (Å²) in [6.07, 6.45) is 3.49. The summed E-state index contributed by atoms with van der Waals surface area (Å²) in [4.78, 5) is 30.1. The maximum absolute atomic E-state index is 11.8. The lowest BCUT2D eigenvalue weighted by atomic mass is 10.2. The van der Waals surface area contributed by atoms with Crippen LogP contribution in [-0.4, -0.2) is 53.0 Å². The number of rotatable bonds is 4. The third-order valence-electron chi connectivity index (χ3n) is 3.21. The molecule has 1 amide bonds. The molecular weight excluding hydrogens is 246 g/mol. The largest absolute Gasteiger partial charge is 0.481 e. The number of carbonyl (C=O) groups excluding carboxylic acids is 1. The summed E-state index contributed by atoms with van der Waals surface area (Å²) in [7, 11) is 0. The molecule has 19 heavy (non-hydrogen) atoms. The molecule has 2 rings (SSSR count). The number of hydrogen-bond donors (Lipinski definition) is 1.